The smallest absolute Gasteiger partial charge is 0.318 e. The van der Waals surface area contributed by atoms with Gasteiger partial charge in [-0.25, -0.2) is 4.79 Å². The van der Waals surface area contributed by atoms with E-state index in [2.05, 4.69) is 5.32 Å². The van der Waals surface area contributed by atoms with Gasteiger partial charge in [-0.1, -0.05) is 35.9 Å². The van der Waals surface area contributed by atoms with Crippen molar-refractivity contribution in [2.75, 3.05) is 27.4 Å². The summed E-state index contributed by atoms with van der Waals surface area (Å²) in [5, 5.41) is 3.89. The molecule has 1 aliphatic rings. The number of benzene rings is 2. The molecule has 1 aliphatic carbocycles. The van der Waals surface area contributed by atoms with Crippen molar-refractivity contribution in [3.63, 3.8) is 0 Å². The van der Waals surface area contributed by atoms with Crippen molar-refractivity contribution >= 4 is 17.6 Å². The Morgan fingerprint density at radius 2 is 1.96 bits per heavy atom. The van der Waals surface area contributed by atoms with Crippen LogP contribution in [0.25, 0.3) is 0 Å². The molecule has 6 heteroatoms. The van der Waals surface area contributed by atoms with Gasteiger partial charge in [0, 0.05) is 25.2 Å². The molecule has 0 heterocycles. The summed E-state index contributed by atoms with van der Waals surface area (Å²) in [6.45, 7) is 1.46. The maximum atomic E-state index is 13.0. The van der Waals surface area contributed by atoms with E-state index >= 15 is 0 Å². The third kappa shape index (κ3) is 4.93. The monoisotopic (exact) mass is 388 g/mol. The topological polar surface area (TPSA) is 50.8 Å². The molecule has 3 rings (SSSR count). The van der Waals surface area contributed by atoms with Crippen LogP contribution in [-0.4, -0.2) is 38.3 Å². The molecule has 0 saturated heterocycles. The van der Waals surface area contributed by atoms with E-state index in [1.807, 2.05) is 48.5 Å². The molecule has 0 atom stereocenters. The minimum atomic E-state index is -0.318. The number of hydrogen-bond donors (Lipinski definition) is 1. The summed E-state index contributed by atoms with van der Waals surface area (Å²) in [6, 6.07) is 15.3. The fourth-order valence-electron chi connectivity index (χ4n) is 3.13. The van der Waals surface area contributed by atoms with E-state index in [9.17, 15) is 4.79 Å². The molecule has 1 fully saturated rings. The third-order valence-electron chi connectivity index (χ3n) is 4.83. The standard InChI is InChI=1S/C21H25ClN2O3/c1-26-12-11-24(15-16-5-3-8-19(13-16)27-2)20(25)23-21(9-10-21)17-6-4-7-18(22)14-17/h3-8,13-14H,9-12,15H2,1-2H3,(H,23,25). The van der Waals surface area contributed by atoms with Gasteiger partial charge in [-0.3, -0.25) is 0 Å². The predicted octanol–water partition coefficient (Wildman–Crippen LogP) is 4.20. The highest BCUT2D eigenvalue weighted by Gasteiger charge is 2.46. The summed E-state index contributed by atoms with van der Waals surface area (Å²) in [6.07, 6.45) is 1.83. The lowest BCUT2D eigenvalue weighted by atomic mass is 10.1. The van der Waals surface area contributed by atoms with E-state index in [1.165, 1.54) is 0 Å². The van der Waals surface area contributed by atoms with Crippen molar-refractivity contribution in [3.8, 4) is 5.75 Å². The summed E-state index contributed by atoms with van der Waals surface area (Å²) in [4.78, 5) is 14.8. The highest BCUT2D eigenvalue weighted by Crippen LogP contribution is 2.46. The Labute approximate surface area is 165 Å². The minimum Gasteiger partial charge on any atom is -0.497 e. The molecular formula is C21H25ClN2O3. The number of nitrogens with zero attached hydrogens (tertiary/aromatic N) is 1. The fraction of sp³-hybridized carbons (Fsp3) is 0.381. The van der Waals surface area contributed by atoms with Crippen LogP contribution in [-0.2, 0) is 16.8 Å². The number of rotatable bonds is 8. The maximum absolute atomic E-state index is 13.0. The summed E-state index contributed by atoms with van der Waals surface area (Å²) in [5.74, 6) is 0.775. The first kappa shape index (κ1) is 19.5. The Balaban J connectivity index is 1.73. The largest absolute Gasteiger partial charge is 0.497 e. The van der Waals surface area contributed by atoms with E-state index in [-0.39, 0.29) is 11.6 Å². The van der Waals surface area contributed by atoms with Crippen molar-refractivity contribution < 1.29 is 14.3 Å². The van der Waals surface area contributed by atoms with E-state index in [0.29, 0.717) is 24.7 Å². The van der Waals surface area contributed by atoms with Gasteiger partial charge >= 0.3 is 6.03 Å². The molecule has 27 heavy (non-hydrogen) atoms. The molecule has 0 unspecified atom stereocenters. The molecule has 0 aliphatic heterocycles. The number of carbonyl (C=O) groups excluding carboxylic acids is 1. The third-order valence-corrected chi connectivity index (χ3v) is 5.07. The second kappa shape index (κ2) is 8.63. The lowest BCUT2D eigenvalue weighted by Gasteiger charge is -2.27. The molecule has 144 valence electrons. The normalized spacial score (nSPS) is 14.5. The number of halogens is 1. The van der Waals surface area contributed by atoms with Gasteiger partial charge in [0.15, 0.2) is 0 Å². The van der Waals surface area contributed by atoms with Crippen molar-refractivity contribution in [1.29, 1.82) is 0 Å². The summed E-state index contributed by atoms with van der Waals surface area (Å²) in [5.41, 5.74) is 1.74. The fourth-order valence-corrected chi connectivity index (χ4v) is 3.32. The zero-order valence-electron chi connectivity index (χ0n) is 15.7. The summed E-state index contributed by atoms with van der Waals surface area (Å²) >= 11 is 6.13. The van der Waals surface area contributed by atoms with Crippen LogP contribution in [0.3, 0.4) is 0 Å². The molecule has 0 spiro atoms. The molecule has 5 nitrogen and oxygen atoms in total. The molecule has 0 bridgehead atoms. The van der Waals surface area contributed by atoms with Crippen LogP contribution < -0.4 is 10.1 Å². The summed E-state index contributed by atoms with van der Waals surface area (Å²) < 4.78 is 10.5. The predicted molar refractivity (Wildman–Crippen MR) is 106 cm³/mol. The zero-order chi connectivity index (χ0) is 19.3. The second-order valence-electron chi connectivity index (χ2n) is 6.79. The average molecular weight is 389 g/mol. The average Bonchev–Trinajstić information content (AvgIpc) is 3.46. The van der Waals surface area contributed by atoms with Crippen LogP contribution in [0.5, 0.6) is 5.75 Å². The Morgan fingerprint density at radius 1 is 1.19 bits per heavy atom. The highest BCUT2D eigenvalue weighted by molar-refractivity contribution is 6.30. The van der Waals surface area contributed by atoms with E-state index in [4.69, 9.17) is 21.1 Å². The van der Waals surface area contributed by atoms with Gasteiger partial charge in [-0.15, -0.1) is 0 Å². The lowest BCUT2D eigenvalue weighted by molar-refractivity contribution is 0.144. The van der Waals surface area contributed by atoms with Crippen molar-refractivity contribution in [2.24, 2.45) is 0 Å². The van der Waals surface area contributed by atoms with Crippen molar-refractivity contribution in [1.82, 2.24) is 10.2 Å². The van der Waals surface area contributed by atoms with Crippen LogP contribution in [0.4, 0.5) is 4.79 Å². The number of hydrogen-bond acceptors (Lipinski definition) is 3. The molecule has 0 aromatic heterocycles. The quantitative estimate of drug-likeness (QED) is 0.737. The zero-order valence-corrected chi connectivity index (χ0v) is 16.5. The maximum Gasteiger partial charge on any atom is 0.318 e. The molecule has 1 saturated carbocycles. The Kier molecular flexibility index (Phi) is 6.24. The first-order chi connectivity index (χ1) is 13.1. The van der Waals surface area contributed by atoms with Gasteiger partial charge in [0.1, 0.15) is 5.75 Å². The van der Waals surface area contributed by atoms with Gasteiger partial charge < -0.3 is 19.7 Å². The number of amides is 2. The van der Waals surface area contributed by atoms with Crippen LogP contribution in [0.2, 0.25) is 5.02 Å². The number of methoxy groups -OCH3 is 2. The SMILES string of the molecule is COCCN(Cc1cccc(OC)c1)C(=O)NC1(c2cccc(Cl)c2)CC1. The van der Waals surface area contributed by atoms with Gasteiger partial charge in [-0.2, -0.15) is 0 Å². The van der Waals surface area contributed by atoms with Crippen molar-refractivity contribution in [2.45, 2.75) is 24.9 Å². The number of ether oxygens (including phenoxy) is 2. The van der Waals surface area contributed by atoms with Gasteiger partial charge in [0.05, 0.1) is 19.3 Å². The molecule has 0 radical (unpaired) electrons. The molecule has 1 N–H and O–H groups in total. The van der Waals surface area contributed by atoms with Gasteiger partial charge in [0.25, 0.3) is 0 Å². The lowest BCUT2D eigenvalue weighted by Crippen LogP contribution is -2.45. The van der Waals surface area contributed by atoms with Gasteiger partial charge in [-0.05, 0) is 48.2 Å². The van der Waals surface area contributed by atoms with Crippen LogP contribution in [0, 0.1) is 0 Å². The first-order valence-corrected chi connectivity index (χ1v) is 9.39. The van der Waals surface area contributed by atoms with E-state index in [0.717, 1.165) is 29.7 Å². The van der Waals surface area contributed by atoms with Crippen LogP contribution in [0.1, 0.15) is 24.0 Å². The summed E-state index contributed by atoms with van der Waals surface area (Å²) in [7, 11) is 3.27. The molecule has 2 amide bonds. The van der Waals surface area contributed by atoms with E-state index in [1.54, 1.807) is 19.1 Å². The molecule has 2 aromatic rings. The Morgan fingerprint density at radius 3 is 2.63 bits per heavy atom. The number of urea groups is 1. The molecule has 2 aromatic carbocycles. The number of carbonyl (C=O) groups is 1. The van der Waals surface area contributed by atoms with Crippen molar-refractivity contribution in [3.05, 3.63) is 64.7 Å². The first-order valence-electron chi connectivity index (χ1n) is 9.01. The van der Waals surface area contributed by atoms with E-state index < -0.39 is 0 Å². The van der Waals surface area contributed by atoms with Crippen LogP contribution in [0.15, 0.2) is 48.5 Å². The Hall–Kier alpha value is -2.24. The minimum absolute atomic E-state index is 0.104. The Bertz CT molecular complexity index is 793. The van der Waals surface area contributed by atoms with Gasteiger partial charge in [0.2, 0.25) is 0 Å². The number of nitrogens with one attached hydrogen (secondary N) is 1. The molecular weight excluding hydrogens is 364 g/mol. The van der Waals surface area contributed by atoms with Crippen LogP contribution >= 0.6 is 11.6 Å². The highest BCUT2D eigenvalue weighted by atomic mass is 35.5. The second-order valence-corrected chi connectivity index (χ2v) is 7.22.